The van der Waals surface area contributed by atoms with Gasteiger partial charge in [0.2, 0.25) is 5.91 Å². The number of urea groups is 1. The minimum absolute atomic E-state index is 0.0544. The van der Waals surface area contributed by atoms with Crippen LogP contribution in [0.15, 0.2) is 67.3 Å². The number of nitrogens with one attached hydrogen (secondary N) is 3. The highest BCUT2D eigenvalue weighted by Gasteiger charge is 2.42. The predicted octanol–water partition coefficient (Wildman–Crippen LogP) is 4.78. The molecule has 0 aliphatic carbocycles. The number of hydrogen-bond acceptors (Lipinski definition) is 9. The molecule has 3 unspecified atom stereocenters. The summed E-state index contributed by atoms with van der Waals surface area (Å²) in [6, 6.07) is 14.8. The first kappa shape index (κ1) is 35.7. The van der Waals surface area contributed by atoms with Gasteiger partial charge in [-0.2, -0.15) is 11.8 Å². The summed E-state index contributed by atoms with van der Waals surface area (Å²) < 4.78 is 12.6. The maximum absolute atomic E-state index is 12.4. The van der Waals surface area contributed by atoms with Crippen LogP contribution in [0.1, 0.15) is 73.0 Å². The number of carbonyl (C=O) groups excluding carboxylic acids is 4. The number of fused-ring (bicyclic) bond motifs is 1. The van der Waals surface area contributed by atoms with E-state index in [4.69, 9.17) is 9.47 Å². The van der Waals surface area contributed by atoms with Crippen LogP contribution >= 0.6 is 11.8 Å². The fraction of sp³-hybridized carbons (Fsp3) is 0.444. The average Bonchev–Trinajstić information content (AvgIpc) is 3.82. The highest BCUT2D eigenvalue weighted by molar-refractivity contribution is 8.00. The number of unbranched alkanes of at least 4 members (excludes halogenated alkanes) is 3. The first-order valence-electron chi connectivity index (χ1n) is 16.9. The number of nitrogens with zero attached hydrogens (tertiary/aromatic N) is 3. The molecule has 0 spiro atoms. The largest absolute Gasteiger partial charge is 0.462 e. The van der Waals surface area contributed by atoms with Gasteiger partial charge in [-0.15, -0.1) is 5.10 Å². The number of thioether (sulfide) groups is 1. The molecule has 3 aromatic rings. The van der Waals surface area contributed by atoms with Crippen LogP contribution in [0.3, 0.4) is 0 Å². The Hall–Kier alpha value is -4.65. The molecule has 1 aromatic heterocycles. The number of rotatable bonds is 21. The van der Waals surface area contributed by atoms with Crippen LogP contribution < -0.4 is 25.4 Å². The number of Topliss-reactive ketones (excluding diaryl/α,β-unsaturated/α-hetero) is 1. The first-order valence-corrected chi connectivity index (χ1v) is 18.0. The number of amides is 3. The summed E-state index contributed by atoms with van der Waals surface area (Å²) in [5.74, 6) is 2.41. The van der Waals surface area contributed by atoms with Gasteiger partial charge >= 0.3 is 6.03 Å². The van der Waals surface area contributed by atoms with Crippen molar-refractivity contribution in [1.82, 2.24) is 30.9 Å². The predicted molar refractivity (Wildman–Crippen MR) is 187 cm³/mol. The maximum atomic E-state index is 12.4. The Bertz CT molecular complexity index is 1560. The molecule has 2 aromatic carbocycles. The van der Waals surface area contributed by atoms with Crippen molar-refractivity contribution in [2.75, 3.05) is 12.3 Å². The molecule has 49 heavy (non-hydrogen) atoms. The minimum Gasteiger partial charge on any atom is -0.462 e. The van der Waals surface area contributed by atoms with Gasteiger partial charge in [0.05, 0.1) is 17.8 Å². The second-order valence-corrected chi connectivity index (χ2v) is 13.6. The Morgan fingerprint density at radius 3 is 2.37 bits per heavy atom. The third kappa shape index (κ3) is 11.8. The summed E-state index contributed by atoms with van der Waals surface area (Å²) in [5.41, 5.74) is 2.48. The van der Waals surface area contributed by atoms with Crippen LogP contribution in [-0.4, -0.2) is 68.6 Å². The third-order valence-electron chi connectivity index (χ3n) is 8.55. The van der Waals surface area contributed by atoms with Gasteiger partial charge in [-0.1, -0.05) is 30.2 Å². The molecule has 2 fully saturated rings. The summed E-state index contributed by atoms with van der Waals surface area (Å²) >= 11 is 1.92. The molecule has 2 saturated heterocycles. The van der Waals surface area contributed by atoms with Crippen molar-refractivity contribution >= 4 is 35.8 Å². The van der Waals surface area contributed by atoms with Crippen molar-refractivity contribution in [2.45, 2.75) is 88.1 Å². The van der Waals surface area contributed by atoms with Crippen LogP contribution in [0.4, 0.5) is 4.79 Å². The van der Waals surface area contributed by atoms with Gasteiger partial charge in [0.1, 0.15) is 42.6 Å². The second kappa shape index (κ2) is 18.8. The standard InChI is InChI=1S/C36H44N6O6S/c43-24-27-12-16-31(17-13-27)48-21-20-47-30-14-10-26(11-15-30)18-19-37-34(45)23-42-22-28(40-41-42)6-2-1-3-7-29(44)8-4-5-9-33-35-32(25-49-33)38-36(46)39-35/h10-17,20-22,24,32-33,35H,1-9,18-19,23,25H2,(H,37,45)(H2,38,39,46). The molecule has 3 heterocycles. The number of aryl methyl sites for hydroxylation is 1. The summed E-state index contributed by atoms with van der Waals surface area (Å²) in [5, 5.41) is 17.6. The monoisotopic (exact) mass is 688 g/mol. The zero-order valence-corrected chi connectivity index (χ0v) is 28.4. The fourth-order valence-corrected chi connectivity index (χ4v) is 7.44. The molecule has 3 N–H and O–H groups in total. The summed E-state index contributed by atoms with van der Waals surface area (Å²) in [4.78, 5) is 47.0. The summed E-state index contributed by atoms with van der Waals surface area (Å²) in [6.07, 6.45) is 13.8. The van der Waals surface area contributed by atoms with E-state index in [9.17, 15) is 19.2 Å². The fourth-order valence-electron chi connectivity index (χ4n) is 5.89. The van der Waals surface area contributed by atoms with Gasteiger partial charge in [0, 0.05) is 42.1 Å². The van der Waals surface area contributed by atoms with Crippen molar-refractivity contribution in [3.63, 3.8) is 0 Å². The second-order valence-electron chi connectivity index (χ2n) is 12.3. The number of hydrogen-bond donors (Lipinski definition) is 3. The van der Waals surface area contributed by atoms with Gasteiger partial charge in [-0.05, 0) is 80.5 Å². The number of aromatic nitrogens is 3. The normalized spacial score (nSPS) is 18.1. The number of benzene rings is 2. The smallest absolute Gasteiger partial charge is 0.315 e. The van der Waals surface area contributed by atoms with Gasteiger partial charge in [0.15, 0.2) is 0 Å². The minimum atomic E-state index is -0.130. The lowest BCUT2D eigenvalue weighted by molar-refractivity contribution is -0.122. The quantitative estimate of drug-likeness (QED) is 0.0621. The summed E-state index contributed by atoms with van der Waals surface area (Å²) in [6.45, 7) is 0.601. The van der Waals surface area contributed by atoms with Crippen molar-refractivity contribution < 1.29 is 28.7 Å². The molecule has 0 bridgehead atoms. The number of aldehydes is 1. The van der Waals surface area contributed by atoms with Gasteiger partial charge in [-0.3, -0.25) is 14.4 Å². The Morgan fingerprint density at radius 1 is 0.918 bits per heavy atom. The lowest BCUT2D eigenvalue weighted by Gasteiger charge is -2.16. The molecular formula is C36H44N6O6S. The van der Waals surface area contributed by atoms with E-state index in [1.165, 1.54) is 12.5 Å². The van der Waals surface area contributed by atoms with E-state index in [0.29, 0.717) is 53.9 Å². The Labute approximate surface area is 290 Å². The molecule has 0 saturated carbocycles. The average molecular weight is 689 g/mol. The Balaban J connectivity index is 0.867. The molecule has 3 atom stereocenters. The molecule has 260 valence electrons. The highest BCUT2D eigenvalue weighted by Crippen LogP contribution is 2.33. The third-order valence-corrected chi connectivity index (χ3v) is 10.1. The first-order chi connectivity index (χ1) is 23.9. The van der Waals surface area contributed by atoms with E-state index in [1.54, 1.807) is 28.9 Å². The molecule has 3 amide bonds. The molecular weight excluding hydrogens is 644 g/mol. The SMILES string of the molecule is O=Cc1ccc(OC=COc2ccc(CCNC(=O)Cn3cc(CCCCCC(=O)CCCCC4SCC5NC(=O)NC54)nn3)cc2)cc1. The van der Waals surface area contributed by atoms with Crippen LogP contribution in [0.2, 0.25) is 0 Å². The highest BCUT2D eigenvalue weighted by atomic mass is 32.2. The van der Waals surface area contributed by atoms with Crippen molar-refractivity contribution in [3.8, 4) is 11.5 Å². The van der Waals surface area contributed by atoms with E-state index >= 15 is 0 Å². The lowest BCUT2D eigenvalue weighted by Crippen LogP contribution is -2.36. The molecule has 5 rings (SSSR count). The van der Waals surface area contributed by atoms with E-state index in [1.807, 2.05) is 42.2 Å². The lowest BCUT2D eigenvalue weighted by atomic mass is 10.0. The van der Waals surface area contributed by atoms with Crippen LogP contribution in [0.25, 0.3) is 0 Å². The number of ether oxygens (including phenoxy) is 2. The number of ketones is 1. The number of carbonyl (C=O) groups is 4. The van der Waals surface area contributed by atoms with E-state index < -0.39 is 0 Å². The van der Waals surface area contributed by atoms with Crippen LogP contribution in [0.5, 0.6) is 11.5 Å². The van der Waals surface area contributed by atoms with E-state index in [-0.39, 0.29) is 30.6 Å². The van der Waals surface area contributed by atoms with Crippen molar-refractivity contribution in [1.29, 1.82) is 0 Å². The van der Waals surface area contributed by atoms with Gasteiger partial charge in [-0.25, -0.2) is 9.48 Å². The Kier molecular flexibility index (Phi) is 13.7. The summed E-state index contributed by atoms with van der Waals surface area (Å²) in [7, 11) is 0. The molecule has 13 heteroatoms. The zero-order valence-electron chi connectivity index (χ0n) is 27.6. The van der Waals surface area contributed by atoms with Gasteiger partial charge < -0.3 is 25.4 Å². The zero-order chi connectivity index (χ0) is 34.3. The maximum Gasteiger partial charge on any atom is 0.315 e. The molecule has 2 aliphatic heterocycles. The van der Waals surface area contributed by atoms with Crippen LogP contribution in [0, 0.1) is 0 Å². The Morgan fingerprint density at radius 2 is 1.63 bits per heavy atom. The molecule has 2 aliphatic rings. The topological polar surface area (TPSA) is 154 Å². The van der Waals surface area contributed by atoms with Crippen molar-refractivity contribution in [3.05, 3.63) is 84.1 Å². The van der Waals surface area contributed by atoms with E-state index in [2.05, 4.69) is 26.3 Å². The van der Waals surface area contributed by atoms with Crippen molar-refractivity contribution in [2.24, 2.45) is 0 Å². The molecule has 12 nitrogen and oxygen atoms in total. The van der Waals surface area contributed by atoms with E-state index in [0.717, 1.165) is 68.2 Å². The van der Waals surface area contributed by atoms with Crippen LogP contribution in [-0.2, 0) is 29.0 Å². The molecule has 0 radical (unpaired) electrons. The van der Waals surface area contributed by atoms with Gasteiger partial charge in [0.25, 0.3) is 0 Å².